The summed E-state index contributed by atoms with van der Waals surface area (Å²) >= 11 is 0. The van der Waals surface area contributed by atoms with Gasteiger partial charge in [-0.3, -0.25) is 29.1 Å². The molecule has 1 fully saturated rings. The van der Waals surface area contributed by atoms with Crippen LogP contribution < -0.4 is 10.6 Å². The Labute approximate surface area is 324 Å². The number of carbonyl (C=O) groups excluding carboxylic acids is 4. The predicted octanol–water partition coefficient (Wildman–Crippen LogP) is 4.54. The number of benzene rings is 1. The molecule has 2 N–H and O–H groups in total. The number of likely N-dealkylation sites (tertiary alicyclic amines) is 1. The van der Waals surface area contributed by atoms with E-state index >= 15 is 0 Å². The lowest BCUT2D eigenvalue weighted by molar-refractivity contribution is -0.148. The van der Waals surface area contributed by atoms with Crippen LogP contribution in [-0.2, 0) is 35.1 Å². The van der Waals surface area contributed by atoms with E-state index in [0.29, 0.717) is 19.5 Å². The van der Waals surface area contributed by atoms with E-state index in [1.807, 2.05) is 82.9 Å². The average molecular weight is 753 g/mol. The highest BCUT2D eigenvalue weighted by Crippen LogP contribution is 2.30. The molecule has 0 saturated carbocycles. The first-order valence-electron chi connectivity index (χ1n) is 19.8. The van der Waals surface area contributed by atoms with Gasteiger partial charge < -0.3 is 29.9 Å². The zero-order valence-corrected chi connectivity index (χ0v) is 34.9. The predicted molar refractivity (Wildman–Crippen MR) is 214 cm³/mol. The van der Waals surface area contributed by atoms with Crippen LogP contribution in [0.3, 0.4) is 0 Å². The molecule has 1 unspecified atom stereocenters. The molecule has 0 radical (unpaired) electrons. The summed E-state index contributed by atoms with van der Waals surface area (Å²) in [5.41, 5.74) is 1.14. The van der Waals surface area contributed by atoms with E-state index < -0.39 is 30.2 Å². The molecule has 4 amide bonds. The first-order valence-corrected chi connectivity index (χ1v) is 19.8. The van der Waals surface area contributed by atoms with Gasteiger partial charge >= 0.3 is 0 Å². The fourth-order valence-corrected chi connectivity index (χ4v) is 8.30. The molecule has 302 valence electrons. The molecule has 1 saturated heterocycles. The third-order valence-electron chi connectivity index (χ3n) is 11.4. The smallest absolute Gasteiger partial charge is 0.245 e. The van der Waals surface area contributed by atoms with Gasteiger partial charge in [0.05, 0.1) is 42.7 Å². The highest BCUT2D eigenvalue weighted by atomic mass is 16.5. The van der Waals surface area contributed by atoms with Crippen LogP contribution in [0.25, 0.3) is 10.8 Å². The van der Waals surface area contributed by atoms with Crippen molar-refractivity contribution in [3.05, 3.63) is 42.2 Å². The Kier molecular flexibility index (Phi) is 17.3. The van der Waals surface area contributed by atoms with E-state index in [1.165, 1.54) is 0 Å². The van der Waals surface area contributed by atoms with Crippen molar-refractivity contribution in [3.8, 4) is 0 Å². The van der Waals surface area contributed by atoms with Crippen LogP contribution in [-0.4, -0.2) is 128 Å². The molecule has 2 heterocycles. The summed E-state index contributed by atoms with van der Waals surface area (Å²) in [6.45, 7) is 14.8. The summed E-state index contributed by atoms with van der Waals surface area (Å²) in [4.78, 5) is 64.9. The Morgan fingerprint density at radius 2 is 1.67 bits per heavy atom. The maximum atomic E-state index is 14.2. The van der Waals surface area contributed by atoms with Crippen molar-refractivity contribution in [2.75, 3.05) is 48.5 Å². The van der Waals surface area contributed by atoms with Gasteiger partial charge in [-0.15, -0.1) is 0 Å². The molecule has 2 aromatic rings. The molecule has 54 heavy (non-hydrogen) atoms. The van der Waals surface area contributed by atoms with Gasteiger partial charge in [-0.05, 0) is 68.1 Å². The monoisotopic (exact) mass is 753 g/mol. The van der Waals surface area contributed by atoms with Gasteiger partial charge in [0.2, 0.25) is 23.6 Å². The van der Waals surface area contributed by atoms with Gasteiger partial charge in [-0.1, -0.05) is 73.1 Å². The number of methoxy groups -OCH3 is 2. The van der Waals surface area contributed by atoms with E-state index in [9.17, 15) is 19.2 Å². The van der Waals surface area contributed by atoms with Crippen LogP contribution in [0.5, 0.6) is 0 Å². The van der Waals surface area contributed by atoms with Crippen molar-refractivity contribution >= 4 is 34.4 Å². The van der Waals surface area contributed by atoms with E-state index in [4.69, 9.17) is 9.47 Å². The number of hydrogen-bond donors (Lipinski definition) is 2. The van der Waals surface area contributed by atoms with Crippen LogP contribution in [0.4, 0.5) is 0 Å². The van der Waals surface area contributed by atoms with Gasteiger partial charge in [-0.2, -0.15) is 0 Å². The summed E-state index contributed by atoms with van der Waals surface area (Å²) in [5, 5.41) is 8.33. The number of carbonyl (C=O) groups is 4. The minimum absolute atomic E-state index is 0.000703. The minimum Gasteiger partial charge on any atom is -0.379 e. The summed E-state index contributed by atoms with van der Waals surface area (Å²) in [5.74, 6) is -1.22. The highest BCUT2D eigenvalue weighted by Gasteiger charge is 2.43. The van der Waals surface area contributed by atoms with E-state index in [1.54, 1.807) is 32.4 Å². The number of rotatable bonds is 20. The lowest BCUT2D eigenvalue weighted by Crippen LogP contribution is -2.59. The second-order valence-electron chi connectivity index (χ2n) is 16.0. The fraction of sp³-hybridized carbons (Fsp3) is 0.690. The quantitative estimate of drug-likeness (QED) is 0.202. The van der Waals surface area contributed by atoms with Crippen molar-refractivity contribution in [1.82, 2.24) is 30.3 Å². The molecule has 1 aliphatic heterocycles. The zero-order valence-electron chi connectivity index (χ0n) is 34.9. The Hall–Kier alpha value is -3.61. The average Bonchev–Trinajstić information content (AvgIpc) is 3.62. The zero-order chi connectivity index (χ0) is 40.3. The Morgan fingerprint density at radius 3 is 2.26 bits per heavy atom. The highest BCUT2D eigenvalue weighted by molar-refractivity contribution is 5.90. The molecule has 12 nitrogen and oxygen atoms in total. The van der Waals surface area contributed by atoms with Crippen molar-refractivity contribution in [1.29, 1.82) is 0 Å². The molecular weight excluding hydrogens is 684 g/mol. The Morgan fingerprint density at radius 1 is 0.963 bits per heavy atom. The standard InChI is InChI=1S/C42H68N6O6/c1-13-28(6)38(47(10)42(52)36(26(2)3)45-41(51)37(27(4)5)46(8)9)34(53-11)24-35(49)48-23-15-18-33(48)39(54-12)29(7)40(50)44-22-19-30-16-14-17-31-25-43-21-20-32(30)31/h14,16-17,20-21,25-29,33-34,36-39H,13,15,18-19,22-24H2,1-12H3,(H,44,50)(H,45,51)/t28-,29+,33-,34+,36-,37-,38?,39+/m0/s1. The number of nitrogens with one attached hydrogen (secondary N) is 2. The molecule has 0 spiro atoms. The first kappa shape index (κ1) is 44.8. The Balaban J connectivity index is 1.73. The lowest BCUT2D eigenvalue weighted by Gasteiger charge is -2.41. The third-order valence-corrected chi connectivity index (χ3v) is 11.4. The second kappa shape index (κ2) is 20.9. The normalized spacial score (nSPS) is 18.6. The number of hydrogen-bond acceptors (Lipinski definition) is 8. The molecular formula is C42H68N6O6. The number of fused-ring (bicyclic) bond motifs is 1. The molecule has 1 aliphatic rings. The maximum absolute atomic E-state index is 14.2. The number of ether oxygens (including phenoxy) is 2. The van der Waals surface area contributed by atoms with Crippen LogP contribution in [0.1, 0.15) is 79.7 Å². The molecule has 3 rings (SSSR count). The van der Waals surface area contributed by atoms with E-state index in [2.05, 4.69) is 35.5 Å². The molecule has 8 atom stereocenters. The summed E-state index contributed by atoms with van der Waals surface area (Å²) in [6, 6.07) is 6.26. The Bertz CT molecular complexity index is 1520. The fourth-order valence-electron chi connectivity index (χ4n) is 8.30. The molecule has 0 bridgehead atoms. The number of nitrogens with zero attached hydrogens (tertiary/aromatic N) is 4. The summed E-state index contributed by atoms with van der Waals surface area (Å²) in [6.07, 6.45) is 5.54. The van der Waals surface area contributed by atoms with E-state index in [0.717, 1.165) is 35.6 Å². The lowest BCUT2D eigenvalue weighted by atomic mass is 9.89. The largest absolute Gasteiger partial charge is 0.379 e. The summed E-state index contributed by atoms with van der Waals surface area (Å²) < 4.78 is 12.0. The molecule has 1 aromatic heterocycles. The molecule has 1 aromatic carbocycles. The van der Waals surface area contributed by atoms with Gasteiger partial charge in [0.25, 0.3) is 0 Å². The van der Waals surface area contributed by atoms with Gasteiger partial charge in [0, 0.05) is 52.1 Å². The van der Waals surface area contributed by atoms with Crippen LogP contribution in [0.15, 0.2) is 36.7 Å². The van der Waals surface area contributed by atoms with Crippen molar-refractivity contribution < 1.29 is 28.7 Å². The molecule has 12 heteroatoms. The maximum Gasteiger partial charge on any atom is 0.245 e. The third kappa shape index (κ3) is 11.0. The van der Waals surface area contributed by atoms with Crippen molar-refractivity contribution in [2.24, 2.45) is 23.7 Å². The number of pyridine rings is 1. The van der Waals surface area contributed by atoms with Crippen molar-refractivity contribution in [3.63, 3.8) is 0 Å². The van der Waals surface area contributed by atoms with Crippen LogP contribution in [0.2, 0.25) is 0 Å². The number of amides is 4. The van der Waals surface area contributed by atoms with Crippen molar-refractivity contribution in [2.45, 2.75) is 117 Å². The summed E-state index contributed by atoms with van der Waals surface area (Å²) in [7, 11) is 8.66. The van der Waals surface area contributed by atoms with E-state index in [-0.39, 0.29) is 59.9 Å². The number of likely N-dealkylation sites (N-methyl/N-ethyl adjacent to an activating group) is 2. The van der Waals surface area contributed by atoms with Crippen LogP contribution >= 0.6 is 0 Å². The van der Waals surface area contributed by atoms with Gasteiger partial charge in [0.1, 0.15) is 6.04 Å². The van der Waals surface area contributed by atoms with Crippen LogP contribution in [0, 0.1) is 23.7 Å². The SMILES string of the molecule is CC[C@H](C)C([C@@H](CC(=O)N1CCC[C@H]1[C@H](OC)[C@@H](C)C(=O)NCCc1cccc2cnccc12)OC)N(C)C(=O)[C@@H](NC(=O)[C@H](C(C)C)N(C)C)C(C)C. The molecule has 0 aliphatic carbocycles. The number of aromatic nitrogens is 1. The second-order valence-corrected chi connectivity index (χ2v) is 16.0. The van der Waals surface area contributed by atoms with Gasteiger partial charge in [0.15, 0.2) is 0 Å². The minimum atomic E-state index is -0.745. The topological polar surface area (TPSA) is 133 Å². The first-order chi connectivity index (χ1) is 25.6. The van der Waals surface area contributed by atoms with Gasteiger partial charge in [-0.25, -0.2) is 0 Å².